The van der Waals surface area contributed by atoms with E-state index in [0.717, 1.165) is 33.5 Å². The predicted molar refractivity (Wildman–Crippen MR) is 234 cm³/mol. The van der Waals surface area contributed by atoms with Crippen molar-refractivity contribution in [2.75, 3.05) is 0 Å². The van der Waals surface area contributed by atoms with Crippen LogP contribution in [0.1, 0.15) is 0 Å². The summed E-state index contributed by atoms with van der Waals surface area (Å²) in [6.07, 6.45) is 0. The van der Waals surface area contributed by atoms with Crippen LogP contribution in [0, 0.1) is 0 Å². The average Bonchev–Trinajstić information content (AvgIpc) is 3.82. The van der Waals surface area contributed by atoms with Gasteiger partial charge in [-0.3, -0.25) is 0 Å². The maximum Gasteiger partial charge on any atom is 0.164 e. The zero-order valence-electron chi connectivity index (χ0n) is 30.2. The van der Waals surface area contributed by atoms with E-state index < -0.39 is 0 Å². The highest BCUT2D eigenvalue weighted by Crippen LogP contribution is 2.41. The highest BCUT2D eigenvalue weighted by molar-refractivity contribution is 7.25. The van der Waals surface area contributed by atoms with Crippen LogP contribution in [-0.4, -0.2) is 19.5 Å². The summed E-state index contributed by atoms with van der Waals surface area (Å²) in [5, 5.41) is 5.06. The second-order valence-corrected chi connectivity index (χ2v) is 15.1. The quantitative estimate of drug-likeness (QED) is 0.171. The van der Waals surface area contributed by atoms with Crippen molar-refractivity contribution >= 4 is 53.3 Å². The van der Waals surface area contributed by atoms with Gasteiger partial charge in [-0.2, -0.15) is 0 Å². The number of fused-ring (bicyclic) bond motifs is 6. The Morgan fingerprint density at radius 3 is 1.54 bits per heavy atom. The summed E-state index contributed by atoms with van der Waals surface area (Å²) in [5.41, 5.74) is 11.0. The number of thiophene rings is 1. The largest absolute Gasteiger partial charge is 0.309 e. The maximum absolute atomic E-state index is 5.04. The topological polar surface area (TPSA) is 43.6 Å². The van der Waals surface area contributed by atoms with Gasteiger partial charge in [0.2, 0.25) is 0 Å². The molecule has 262 valence electrons. The first-order valence-electron chi connectivity index (χ1n) is 18.8. The Hall–Kier alpha value is -7.21. The van der Waals surface area contributed by atoms with Gasteiger partial charge in [0.1, 0.15) is 0 Å². The van der Waals surface area contributed by atoms with Crippen molar-refractivity contribution < 1.29 is 0 Å². The summed E-state index contributed by atoms with van der Waals surface area (Å²) in [7, 11) is 0. The van der Waals surface area contributed by atoms with Crippen LogP contribution in [0.5, 0.6) is 0 Å². The number of hydrogen-bond acceptors (Lipinski definition) is 4. The Balaban J connectivity index is 1.01. The minimum absolute atomic E-state index is 0.638. The Morgan fingerprint density at radius 1 is 0.339 bits per heavy atom. The summed E-state index contributed by atoms with van der Waals surface area (Å²) in [6.45, 7) is 0. The van der Waals surface area contributed by atoms with E-state index >= 15 is 0 Å². The number of aromatic nitrogens is 4. The first-order chi connectivity index (χ1) is 27.7. The van der Waals surface area contributed by atoms with Crippen LogP contribution >= 0.6 is 11.3 Å². The van der Waals surface area contributed by atoms with Gasteiger partial charge in [-0.05, 0) is 58.7 Å². The Kier molecular flexibility index (Phi) is 7.64. The van der Waals surface area contributed by atoms with Crippen molar-refractivity contribution in [2.24, 2.45) is 0 Å². The van der Waals surface area contributed by atoms with Crippen molar-refractivity contribution in [1.29, 1.82) is 0 Å². The second-order valence-electron chi connectivity index (χ2n) is 14.0. The zero-order valence-corrected chi connectivity index (χ0v) is 31.0. The molecule has 0 spiro atoms. The van der Waals surface area contributed by atoms with Gasteiger partial charge in [0.25, 0.3) is 0 Å². The fraction of sp³-hybridized carbons (Fsp3) is 0. The molecule has 0 amide bonds. The summed E-state index contributed by atoms with van der Waals surface area (Å²) in [4.78, 5) is 15.0. The lowest BCUT2D eigenvalue weighted by atomic mass is 9.98. The predicted octanol–water partition coefficient (Wildman–Crippen LogP) is 13.7. The second kappa shape index (κ2) is 13.3. The molecular weight excluding hydrogens is 701 g/mol. The van der Waals surface area contributed by atoms with Crippen molar-refractivity contribution in [3.05, 3.63) is 194 Å². The maximum atomic E-state index is 5.04. The molecule has 0 atom stereocenters. The molecule has 0 aliphatic heterocycles. The summed E-state index contributed by atoms with van der Waals surface area (Å²) < 4.78 is 5.03. The van der Waals surface area contributed by atoms with E-state index in [1.165, 1.54) is 53.1 Å². The number of nitrogens with zero attached hydrogens (tertiary/aromatic N) is 4. The van der Waals surface area contributed by atoms with Gasteiger partial charge in [0.05, 0.1) is 11.0 Å². The molecule has 0 saturated carbocycles. The fourth-order valence-corrected chi connectivity index (χ4v) is 9.07. The molecule has 0 unspecified atom stereocenters. The molecular formula is C51H32N4S. The minimum atomic E-state index is 0.638. The molecule has 0 N–H and O–H groups in total. The highest BCUT2D eigenvalue weighted by atomic mass is 32.1. The molecule has 3 heterocycles. The molecule has 8 aromatic carbocycles. The summed E-state index contributed by atoms with van der Waals surface area (Å²) >= 11 is 1.85. The van der Waals surface area contributed by atoms with Crippen molar-refractivity contribution in [3.63, 3.8) is 0 Å². The van der Waals surface area contributed by atoms with E-state index in [-0.39, 0.29) is 0 Å². The van der Waals surface area contributed by atoms with Crippen molar-refractivity contribution in [3.8, 4) is 62.1 Å². The number of rotatable bonds is 6. The van der Waals surface area contributed by atoms with Gasteiger partial charge < -0.3 is 4.57 Å². The van der Waals surface area contributed by atoms with Crippen molar-refractivity contribution in [1.82, 2.24) is 19.5 Å². The molecule has 56 heavy (non-hydrogen) atoms. The van der Waals surface area contributed by atoms with Crippen LogP contribution < -0.4 is 0 Å². The first kappa shape index (κ1) is 32.2. The number of hydrogen-bond donors (Lipinski definition) is 0. The Bertz CT molecular complexity index is 3220. The van der Waals surface area contributed by atoms with Gasteiger partial charge in [0, 0.05) is 53.3 Å². The highest BCUT2D eigenvalue weighted by Gasteiger charge is 2.18. The molecule has 3 aromatic heterocycles. The van der Waals surface area contributed by atoms with Crippen LogP contribution in [0.4, 0.5) is 0 Å². The van der Waals surface area contributed by atoms with Gasteiger partial charge in [-0.25, -0.2) is 15.0 Å². The molecule has 0 aliphatic rings. The lowest BCUT2D eigenvalue weighted by Crippen LogP contribution is -2.00. The van der Waals surface area contributed by atoms with E-state index in [0.29, 0.717) is 17.5 Å². The molecule has 11 aromatic rings. The van der Waals surface area contributed by atoms with E-state index in [9.17, 15) is 0 Å². The zero-order chi connectivity index (χ0) is 37.0. The lowest BCUT2D eigenvalue weighted by molar-refractivity contribution is 1.07. The summed E-state index contributed by atoms with van der Waals surface area (Å²) in [6, 6.07) is 68.6. The molecule has 0 fully saturated rings. The third-order valence-electron chi connectivity index (χ3n) is 10.7. The minimum Gasteiger partial charge on any atom is -0.309 e. The van der Waals surface area contributed by atoms with Gasteiger partial charge >= 0.3 is 0 Å². The Morgan fingerprint density at radius 2 is 0.839 bits per heavy atom. The van der Waals surface area contributed by atoms with Crippen LogP contribution in [0.25, 0.3) is 104 Å². The van der Waals surface area contributed by atoms with Crippen LogP contribution in [0.2, 0.25) is 0 Å². The van der Waals surface area contributed by atoms with E-state index in [1.54, 1.807) is 0 Å². The molecule has 4 nitrogen and oxygen atoms in total. The van der Waals surface area contributed by atoms with Crippen LogP contribution in [-0.2, 0) is 0 Å². The smallest absolute Gasteiger partial charge is 0.164 e. The number of benzene rings is 8. The first-order valence-corrected chi connectivity index (χ1v) is 19.6. The third-order valence-corrected chi connectivity index (χ3v) is 11.8. The van der Waals surface area contributed by atoms with Crippen LogP contribution in [0.15, 0.2) is 194 Å². The van der Waals surface area contributed by atoms with E-state index in [1.807, 2.05) is 47.7 Å². The fourth-order valence-electron chi connectivity index (χ4n) is 7.98. The SMILES string of the molecule is c1ccc(-c2ccc(-c3nc(-c4ccccc4)nc(-c4ccc(-c5cccc6c5c5ccccc5n6-c5ccc6sc7ccccc7c6c5)cc4)n3)cc2)cc1. The standard InChI is InChI=1S/C51H32N4S/c1-3-12-33(13-4-1)34-22-26-37(27-23-34)50-52-49(36-14-5-2-6-15-36)53-51(54-50)38-28-24-35(25-29-38)40-18-11-20-45-48(40)42-17-7-9-19-44(42)55(45)39-30-31-47-43(32-39)41-16-8-10-21-46(41)56-47/h1-32H. The molecule has 11 rings (SSSR count). The van der Waals surface area contributed by atoms with E-state index in [2.05, 4.69) is 162 Å². The molecule has 0 bridgehead atoms. The monoisotopic (exact) mass is 732 g/mol. The normalized spacial score (nSPS) is 11.6. The van der Waals surface area contributed by atoms with Gasteiger partial charge in [-0.1, -0.05) is 158 Å². The molecule has 0 saturated heterocycles. The molecule has 0 aliphatic carbocycles. The number of para-hydroxylation sites is 1. The summed E-state index contributed by atoms with van der Waals surface area (Å²) in [5.74, 6) is 1.93. The van der Waals surface area contributed by atoms with E-state index in [4.69, 9.17) is 15.0 Å². The van der Waals surface area contributed by atoms with Crippen molar-refractivity contribution in [2.45, 2.75) is 0 Å². The lowest BCUT2D eigenvalue weighted by Gasteiger charge is -2.11. The molecule has 0 radical (unpaired) electrons. The van der Waals surface area contributed by atoms with Gasteiger partial charge in [-0.15, -0.1) is 11.3 Å². The Labute approximate surface area is 327 Å². The average molecular weight is 733 g/mol. The molecule has 5 heteroatoms. The third kappa shape index (κ3) is 5.48. The van der Waals surface area contributed by atoms with Crippen LogP contribution in [0.3, 0.4) is 0 Å². The van der Waals surface area contributed by atoms with Gasteiger partial charge in [0.15, 0.2) is 17.5 Å².